The summed E-state index contributed by atoms with van der Waals surface area (Å²) < 4.78 is 64.0. The van der Waals surface area contributed by atoms with E-state index in [4.69, 9.17) is 0 Å². The minimum Gasteiger partial charge on any atom is -0.366 e. The lowest BCUT2D eigenvalue weighted by molar-refractivity contribution is -0.0553. The highest BCUT2D eigenvalue weighted by atomic mass is 32.2. The van der Waals surface area contributed by atoms with Gasteiger partial charge in [-0.05, 0) is 6.92 Å². The molecule has 0 heterocycles. The van der Waals surface area contributed by atoms with Crippen LogP contribution in [0.4, 0.5) is 13.2 Å². The van der Waals surface area contributed by atoms with Crippen molar-refractivity contribution in [1.29, 1.82) is 0 Å². The molecule has 0 unspecified atom stereocenters. The number of hydrogen-bond acceptors (Lipinski definition) is 4. The van der Waals surface area contributed by atoms with E-state index in [1.165, 1.54) is 0 Å². The molecular weight excluding hydrogens is 237 g/mol. The second-order valence-electron chi connectivity index (χ2n) is 2.20. The first-order chi connectivity index (χ1) is 6.81. The highest BCUT2D eigenvalue weighted by Crippen LogP contribution is 2.24. The summed E-state index contributed by atoms with van der Waals surface area (Å²) in [6, 6.07) is 0. The summed E-state index contributed by atoms with van der Waals surface area (Å²) in [5.41, 5.74) is -5.39. The molecule has 0 N–H and O–H groups in total. The van der Waals surface area contributed by atoms with Gasteiger partial charge >= 0.3 is 15.6 Å². The van der Waals surface area contributed by atoms with Crippen LogP contribution in [-0.2, 0) is 19.0 Å². The standard InChI is InChI=1S/C7H9F3O4S/c1-2-3-4-13-5-6-14-15(11,12)7(8,9)10/h4-6H2,1H3. The fourth-order valence-electron chi connectivity index (χ4n) is 0.465. The van der Waals surface area contributed by atoms with Gasteiger partial charge in [-0.1, -0.05) is 5.92 Å². The molecular formula is C7H9F3O4S. The summed E-state index contributed by atoms with van der Waals surface area (Å²) in [7, 11) is -5.51. The van der Waals surface area contributed by atoms with Crippen LogP contribution in [0.3, 0.4) is 0 Å². The van der Waals surface area contributed by atoms with Crippen LogP contribution in [0, 0.1) is 11.8 Å². The van der Waals surface area contributed by atoms with Crippen LogP contribution in [0.25, 0.3) is 0 Å². The molecule has 0 aromatic carbocycles. The van der Waals surface area contributed by atoms with Crippen molar-refractivity contribution in [1.82, 2.24) is 0 Å². The summed E-state index contributed by atoms with van der Waals surface area (Å²) in [6.45, 7) is 0.622. The lowest BCUT2D eigenvalue weighted by Gasteiger charge is -2.07. The minimum absolute atomic E-state index is 0.0198. The van der Waals surface area contributed by atoms with Crippen LogP contribution in [0.5, 0.6) is 0 Å². The molecule has 88 valence electrons. The number of rotatable bonds is 5. The third kappa shape index (κ3) is 5.61. The third-order valence-electron chi connectivity index (χ3n) is 1.10. The molecule has 0 aromatic heterocycles. The highest BCUT2D eigenvalue weighted by Gasteiger charge is 2.47. The van der Waals surface area contributed by atoms with Crippen LogP contribution < -0.4 is 0 Å². The molecule has 0 saturated carbocycles. The van der Waals surface area contributed by atoms with Crippen molar-refractivity contribution >= 4 is 10.1 Å². The first-order valence-electron chi connectivity index (χ1n) is 3.74. The van der Waals surface area contributed by atoms with Gasteiger partial charge in [0.25, 0.3) is 0 Å². The van der Waals surface area contributed by atoms with Gasteiger partial charge in [-0.2, -0.15) is 21.6 Å². The Morgan fingerprint density at radius 3 is 2.33 bits per heavy atom. The molecule has 0 amide bonds. The molecule has 0 radical (unpaired) electrons. The molecule has 0 rings (SSSR count). The molecule has 4 nitrogen and oxygen atoms in total. The highest BCUT2D eigenvalue weighted by molar-refractivity contribution is 7.87. The molecule has 0 aliphatic rings. The molecule has 0 fully saturated rings. The predicted molar refractivity (Wildman–Crippen MR) is 45.2 cm³/mol. The Morgan fingerprint density at radius 1 is 1.27 bits per heavy atom. The number of alkyl halides is 3. The van der Waals surface area contributed by atoms with Crippen molar-refractivity contribution in [2.75, 3.05) is 19.8 Å². The zero-order chi connectivity index (χ0) is 11.9. The fourth-order valence-corrected chi connectivity index (χ4v) is 0.886. The molecule has 0 atom stereocenters. The zero-order valence-electron chi connectivity index (χ0n) is 7.80. The van der Waals surface area contributed by atoms with E-state index >= 15 is 0 Å². The minimum atomic E-state index is -5.51. The van der Waals surface area contributed by atoms with Gasteiger partial charge in [0.2, 0.25) is 0 Å². The normalized spacial score (nSPS) is 12.0. The maximum Gasteiger partial charge on any atom is 0.523 e. The van der Waals surface area contributed by atoms with Gasteiger partial charge in [0.15, 0.2) is 0 Å². The topological polar surface area (TPSA) is 52.6 Å². The van der Waals surface area contributed by atoms with Crippen LogP contribution >= 0.6 is 0 Å². The molecule has 15 heavy (non-hydrogen) atoms. The average Bonchev–Trinajstić information content (AvgIpc) is 2.09. The van der Waals surface area contributed by atoms with E-state index in [1.54, 1.807) is 6.92 Å². The van der Waals surface area contributed by atoms with E-state index in [-0.39, 0.29) is 13.2 Å². The summed E-state index contributed by atoms with van der Waals surface area (Å²) in [5, 5.41) is 0. The van der Waals surface area contributed by atoms with Gasteiger partial charge in [-0.25, -0.2) is 0 Å². The molecule has 0 spiro atoms. The molecule has 0 aliphatic carbocycles. The van der Waals surface area contributed by atoms with E-state index < -0.39 is 22.2 Å². The predicted octanol–water partition coefficient (Wildman–Crippen LogP) is 0.893. The second kappa shape index (κ2) is 5.95. The van der Waals surface area contributed by atoms with E-state index in [2.05, 4.69) is 20.8 Å². The Morgan fingerprint density at radius 2 is 1.87 bits per heavy atom. The SMILES string of the molecule is CC#CCOCCOS(=O)(=O)C(F)(F)F. The lowest BCUT2D eigenvalue weighted by Crippen LogP contribution is -2.26. The maximum atomic E-state index is 11.7. The number of hydrogen-bond donors (Lipinski definition) is 0. The van der Waals surface area contributed by atoms with Crippen molar-refractivity contribution in [3.63, 3.8) is 0 Å². The molecule has 0 bridgehead atoms. The zero-order valence-corrected chi connectivity index (χ0v) is 8.61. The lowest BCUT2D eigenvalue weighted by atomic mass is 10.6. The van der Waals surface area contributed by atoms with Gasteiger partial charge in [-0.15, -0.1) is 5.92 Å². The Hall–Kier alpha value is -0.780. The van der Waals surface area contributed by atoms with Crippen LogP contribution in [-0.4, -0.2) is 33.7 Å². The van der Waals surface area contributed by atoms with E-state index in [1.807, 2.05) is 0 Å². The van der Waals surface area contributed by atoms with Gasteiger partial charge in [-0.3, -0.25) is 4.18 Å². The summed E-state index contributed by atoms with van der Waals surface area (Å²) >= 11 is 0. The monoisotopic (exact) mass is 246 g/mol. The Kier molecular flexibility index (Phi) is 5.64. The first kappa shape index (κ1) is 14.2. The Balaban J connectivity index is 3.81. The fraction of sp³-hybridized carbons (Fsp3) is 0.714. The largest absolute Gasteiger partial charge is 0.523 e. The van der Waals surface area contributed by atoms with Gasteiger partial charge in [0.05, 0.1) is 13.2 Å². The summed E-state index contributed by atoms with van der Waals surface area (Å²) in [6.07, 6.45) is 0. The van der Waals surface area contributed by atoms with Crippen molar-refractivity contribution in [2.24, 2.45) is 0 Å². The van der Waals surface area contributed by atoms with Crippen LogP contribution in [0.2, 0.25) is 0 Å². The number of halogens is 3. The quantitative estimate of drug-likeness (QED) is 0.313. The van der Waals surface area contributed by atoms with Crippen molar-refractivity contribution < 1.29 is 30.5 Å². The smallest absolute Gasteiger partial charge is 0.366 e. The van der Waals surface area contributed by atoms with Crippen LogP contribution in [0.1, 0.15) is 6.92 Å². The summed E-state index contributed by atoms with van der Waals surface area (Å²) in [4.78, 5) is 0. The second-order valence-corrected chi connectivity index (χ2v) is 3.81. The molecule has 0 aromatic rings. The van der Waals surface area contributed by atoms with Crippen molar-refractivity contribution in [2.45, 2.75) is 12.4 Å². The third-order valence-corrected chi connectivity index (χ3v) is 2.14. The summed E-state index contributed by atoms with van der Waals surface area (Å²) in [5.74, 6) is 4.96. The molecule has 8 heteroatoms. The Labute approximate surface area is 85.5 Å². The van der Waals surface area contributed by atoms with E-state index in [9.17, 15) is 21.6 Å². The maximum absolute atomic E-state index is 11.7. The molecule has 0 saturated heterocycles. The van der Waals surface area contributed by atoms with E-state index in [0.29, 0.717) is 0 Å². The van der Waals surface area contributed by atoms with Crippen LogP contribution in [0.15, 0.2) is 0 Å². The Bertz CT molecular complexity index is 335. The van der Waals surface area contributed by atoms with Gasteiger partial charge in [0.1, 0.15) is 6.61 Å². The first-order valence-corrected chi connectivity index (χ1v) is 5.15. The van der Waals surface area contributed by atoms with Gasteiger partial charge < -0.3 is 4.74 Å². The van der Waals surface area contributed by atoms with Gasteiger partial charge in [0, 0.05) is 0 Å². The number of ether oxygens (including phenoxy) is 1. The van der Waals surface area contributed by atoms with E-state index in [0.717, 1.165) is 0 Å². The van der Waals surface area contributed by atoms with Crippen molar-refractivity contribution in [3.8, 4) is 11.8 Å². The molecule has 0 aliphatic heterocycles. The average molecular weight is 246 g/mol. The van der Waals surface area contributed by atoms with Crippen molar-refractivity contribution in [3.05, 3.63) is 0 Å².